The third-order valence-corrected chi connectivity index (χ3v) is 20.7. The summed E-state index contributed by atoms with van der Waals surface area (Å²) in [5, 5.41) is 0. The molecule has 4 heteroatoms. The normalized spacial score (nSPS) is 15.0. The van der Waals surface area contributed by atoms with Gasteiger partial charge in [-0.15, -0.1) is 0 Å². The summed E-state index contributed by atoms with van der Waals surface area (Å²) in [6.45, 7) is 9.65. The zero-order valence-corrected chi connectivity index (χ0v) is 17.7. The van der Waals surface area contributed by atoms with Crippen LogP contribution in [0.4, 0.5) is 0 Å². The average Bonchev–Trinajstić information content (AvgIpc) is 2.99. The van der Waals surface area contributed by atoms with Gasteiger partial charge in [0.25, 0.3) is 0 Å². The van der Waals surface area contributed by atoms with Crippen LogP contribution in [0.2, 0.25) is 13.3 Å². The van der Waals surface area contributed by atoms with Crippen molar-refractivity contribution >= 4 is 22.1 Å². The van der Waals surface area contributed by atoms with Gasteiger partial charge in [-0.2, -0.15) is 0 Å². The summed E-state index contributed by atoms with van der Waals surface area (Å²) in [6, 6.07) is 0. The number of hydrogen-bond donors (Lipinski definition) is 0. The van der Waals surface area contributed by atoms with Gasteiger partial charge in [0, 0.05) is 0 Å². The number of unbranched alkanes of at least 4 members (excludes halogenated alkanes) is 3. The van der Waals surface area contributed by atoms with Gasteiger partial charge in [-0.3, -0.25) is 0 Å². The van der Waals surface area contributed by atoms with Gasteiger partial charge < -0.3 is 0 Å². The van der Waals surface area contributed by atoms with Crippen LogP contribution >= 0.6 is 0 Å². The standard InChI is InChI=1S/C6H7N2O.3C4H9.Sn/c1-2-8-3-4-9-5-6(8)7-1;3*1-3-4-2;/h1H,3-5H2;3*1,3-4H2,2H3;. The first-order valence-corrected chi connectivity index (χ1v) is 16.9. The molecule has 0 aliphatic carbocycles. The number of aromatic nitrogens is 2. The Morgan fingerprint density at radius 2 is 1.64 bits per heavy atom. The molecule has 0 radical (unpaired) electrons. The molecule has 2 heterocycles. The summed E-state index contributed by atoms with van der Waals surface area (Å²) in [5.41, 5.74) is 0. The second-order valence-corrected chi connectivity index (χ2v) is 19.9. The van der Waals surface area contributed by atoms with Crippen molar-refractivity contribution in [2.24, 2.45) is 0 Å². The molecule has 0 aromatic carbocycles. The van der Waals surface area contributed by atoms with Crippen molar-refractivity contribution in [2.45, 2.75) is 85.8 Å². The number of imidazole rings is 1. The van der Waals surface area contributed by atoms with Crippen LogP contribution in [-0.2, 0) is 17.9 Å². The van der Waals surface area contributed by atoms with E-state index >= 15 is 0 Å². The number of rotatable bonds is 10. The molecule has 1 aromatic heterocycles. The van der Waals surface area contributed by atoms with Crippen LogP contribution in [0.15, 0.2) is 6.20 Å². The third-order valence-electron chi connectivity index (χ3n) is 5.20. The Bertz CT molecular complexity index is 423. The summed E-state index contributed by atoms with van der Waals surface area (Å²) < 4.78 is 14.5. The number of hydrogen-bond acceptors (Lipinski definition) is 2. The van der Waals surface area contributed by atoms with Crippen LogP contribution in [-0.4, -0.2) is 34.5 Å². The summed E-state index contributed by atoms with van der Waals surface area (Å²) >= 11 is -2.32. The molecule has 3 nitrogen and oxygen atoms in total. The van der Waals surface area contributed by atoms with E-state index in [1.807, 2.05) is 0 Å². The second-order valence-electron chi connectivity index (χ2n) is 6.85. The fourth-order valence-corrected chi connectivity index (χ4v) is 20.3. The van der Waals surface area contributed by atoms with Gasteiger partial charge in [-0.25, -0.2) is 0 Å². The maximum absolute atomic E-state index is 5.61. The zero-order chi connectivity index (χ0) is 15.8. The van der Waals surface area contributed by atoms with Crippen molar-refractivity contribution < 1.29 is 4.74 Å². The monoisotopic (exact) mass is 414 g/mol. The molecular weight excluding hydrogens is 379 g/mol. The maximum atomic E-state index is 5.61. The number of ether oxygens (including phenoxy) is 1. The van der Waals surface area contributed by atoms with E-state index in [-0.39, 0.29) is 0 Å². The zero-order valence-electron chi connectivity index (χ0n) is 14.9. The summed E-state index contributed by atoms with van der Waals surface area (Å²) in [4.78, 5) is 4.74. The first-order chi connectivity index (χ1) is 10.8. The van der Waals surface area contributed by atoms with Crippen molar-refractivity contribution in [3.63, 3.8) is 0 Å². The SMILES string of the molecule is CCC[CH2][Sn]([CH2]CCC)([CH2]CCC)[c]1cnc2n1CCOC2. The molecule has 1 aliphatic heterocycles. The Kier molecular flexibility index (Phi) is 7.75. The Balaban J connectivity index is 2.32. The van der Waals surface area contributed by atoms with Crippen molar-refractivity contribution in [3.8, 4) is 0 Å². The third kappa shape index (κ3) is 4.28. The number of fused-ring (bicyclic) bond motifs is 1. The Morgan fingerprint density at radius 3 is 2.18 bits per heavy atom. The van der Waals surface area contributed by atoms with Crippen LogP contribution in [0.3, 0.4) is 0 Å². The van der Waals surface area contributed by atoms with Gasteiger partial charge in [-0.05, 0) is 0 Å². The topological polar surface area (TPSA) is 27.1 Å². The molecule has 2 rings (SSSR count). The second kappa shape index (κ2) is 9.31. The molecule has 0 fully saturated rings. The molecule has 0 atom stereocenters. The average molecular weight is 413 g/mol. The molecule has 0 spiro atoms. The van der Waals surface area contributed by atoms with Gasteiger partial charge in [0.05, 0.1) is 0 Å². The van der Waals surface area contributed by atoms with Gasteiger partial charge >= 0.3 is 141 Å². The predicted octanol–water partition coefficient (Wildman–Crippen LogP) is 4.47. The quantitative estimate of drug-likeness (QED) is 0.530. The van der Waals surface area contributed by atoms with Crippen LogP contribution in [0, 0.1) is 0 Å². The molecule has 0 N–H and O–H groups in total. The van der Waals surface area contributed by atoms with E-state index < -0.39 is 18.4 Å². The van der Waals surface area contributed by atoms with E-state index in [1.165, 1.54) is 57.7 Å². The molecule has 0 unspecified atom stereocenters. The fraction of sp³-hybridized carbons (Fsp3) is 0.833. The van der Waals surface area contributed by atoms with Crippen molar-refractivity contribution in [3.05, 3.63) is 12.0 Å². The molecule has 0 amide bonds. The van der Waals surface area contributed by atoms with E-state index in [1.54, 1.807) is 3.71 Å². The van der Waals surface area contributed by atoms with E-state index in [0.717, 1.165) is 19.8 Å². The Labute approximate surface area is 140 Å². The van der Waals surface area contributed by atoms with Gasteiger partial charge in [-0.1, -0.05) is 0 Å². The van der Waals surface area contributed by atoms with Crippen LogP contribution in [0.25, 0.3) is 0 Å². The molecule has 0 bridgehead atoms. The fourth-order valence-electron chi connectivity index (χ4n) is 3.83. The number of nitrogens with zero attached hydrogens (tertiary/aromatic N) is 2. The summed E-state index contributed by atoms with van der Waals surface area (Å²) in [7, 11) is 0. The summed E-state index contributed by atoms with van der Waals surface area (Å²) in [5.74, 6) is 1.19. The minimum atomic E-state index is -2.32. The molecule has 22 heavy (non-hydrogen) atoms. The molecule has 0 saturated carbocycles. The van der Waals surface area contributed by atoms with Crippen molar-refractivity contribution in [2.75, 3.05) is 6.61 Å². The molecule has 0 saturated heterocycles. The molecular formula is C18H34N2OSn. The molecule has 126 valence electrons. The van der Waals surface area contributed by atoms with Gasteiger partial charge in [0.15, 0.2) is 0 Å². The van der Waals surface area contributed by atoms with Crippen LogP contribution < -0.4 is 3.71 Å². The summed E-state index contributed by atoms with van der Waals surface area (Å²) in [6.07, 6.45) is 10.5. The van der Waals surface area contributed by atoms with E-state index in [9.17, 15) is 0 Å². The van der Waals surface area contributed by atoms with Crippen LogP contribution in [0.5, 0.6) is 0 Å². The Morgan fingerprint density at radius 1 is 1.05 bits per heavy atom. The minimum absolute atomic E-state index is 0.720. The predicted molar refractivity (Wildman–Crippen MR) is 96.4 cm³/mol. The van der Waals surface area contributed by atoms with Crippen molar-refractivity contribution in [1.82, 2.24) is 9.55 Å². The van der Waals surface area contributed by atoms with Crippen LogP contribution in [0.1, 0.15) is 65.1 Å². The Hall–Kier alpha value is -0.0313. The van der Waals surface area contributed by atoms with E-state index in [4.69, 9.17) is 9.72 Å². The first-order valence-electron chi connectivity index (χ1n) is 9.40. The van der Waals surface area contributed by atoms with Crippen molar-refractivity contribution in [1.29, 1.82) is 0 Å². The van der Waals surface area contributed by atoms with E-state index in [2.05, 4.69) is 31.5 Å². The van der Waals surface area contributed by atoms with E-state index in [0.29, 0.717) is 0 Å². The molecule has 1 aliphatic rings. The first kappa shape index (κ1) is 18.3. The van der Waals surface area contributed by atoms with Gasteiger partial charge in [0.1, 0.15) is 0 Å². The van der Waals surface area contributed by atoms with Gasteiger partial charge in [0.2, 0.25) is 0 Å². The molecule has 1 aromatic rings.